The van der Waals surface area contributed by atoms with Gasteiger partial charge in [-0.15, -0.1) is 5.10 Å². The summed E-state index contributed by atoms with van der Waals surface area (Å²) in [5.41, 5.74) is 0.547. The van der Waals surface area contributed by atoms with Gasteiger partial charge in [0.2, 0.25) is 5.89 Å². The second-order valence-electron chi connectivity index (χ2n) is 4.12. The van der Waals surface area contributed by atoms with Crippen molar-refractivity contribution >= 4 is 6.01 Å². The molecule has 0 aliphatic rings. The highest BCUT2D eigenvalue weighted by atomic mass is 19.1. The minimum atomic E-state index is -0.263. The third-order valence-corrected chi connectivity index (χ3v) is 2.61. The summed E-state index contributed by atoms with van der Waals surface area (Å²) in [7, 11) is 1.64. The van der Waals surface area contributed by atoms with Crippen LogP contribution in [0.5, 0.6) is 0 Å². The monoisotopic (exact) mass is 280 g/mol. The van der Waals surface area contributed by atoms with Gasteiger partial charge in [-0.05, 0) is 6.07 Å². The fourth-order valence-electron chi connectivity index (χ4n) is 1.58. The largest absolute Gasteiger partial charge is 0.407 e. The lowest BCUT2D eigenvalue weighted by atomic mass is 10.2. The van der Waals surface area contributed by atoms with Crippen LogP contribution in [-0.2, 0) is 17.8 Å². The highest BCUT2D eigenvalue weighted by Gasteiger charge is 2.06. The molecule has 2 rings (SSSR count). The summed E-state index contributed by atoms with van der Waals surface area (Å²) < 4.78 is 23.7. The fraction of sp³-hybridized carbons (Fsp3) is 0.385. The van der Waals surface area contributed by atoms with Crippen LogP contribution < -0.4 is 10.6 Å². The molecule has 2 N–H and O–H groups in total. The van der Waals surface area contributed by atoms with Gasteiger partial charge in [-0.25, -0.2) is 4.39 Å². The molecule has 0 saturated carbocycles. The molecule has 6 nitrogen and oxygen atoms in total. The van der Waals surface area contributed by atoms with Crippen LogP contribution >= 0.6 is 0 Å². The number of ether oxygens (including phenoxy) is 1. The molecule has 0 atom stereocenters. The topological polar surface area (TPSA) is 72.2 Å². The van der Waals surface area contributed by atoms with E-state index in [1.54, 1.807) is 25.3 Å². The Morgan fingerprint density at radius 3 is 2.90 bits per heavy atom. The molecule has 0 radical (unpaired) electrons. The molecule has 108 valence electrons. The lowest BCUT2D eigenvalue weighted by Gasteiger charge is -2.02. The van der Waals surface area contributed by atoms with E-state index in [1.807, 2.05) is 0 Å². The summed E-state index contributed by atoms with van der Waals surface area (Å²) in [5.74, 6) is 0.207. The first kappa shape index (κ1) is 14.4. The summed E-state index contributed by atoms with van der Waals surface area (Å²) in [4.78, 5) is 0. The van der Waals surface area contributed by atoms with E-state index in [1.165, 1.54) is 6.07 Å². The first-order valence-electron chi connectivity index (χ1n) is 6.29. The number of rotatable bonds is 8. The van der Waals surface area contributed by atoms with Crippen molar-refractivity contribution in [2.75, 3.05) is 25.6 Å². The average molecular weight is 280 g/mol. The summed E-state index contributed by atoms with van der Waals surface area (Å²) in [6, 6.07) is 6.81. The summed E-state index contributed by atoms with van der Waals surface area (Å²) in [6.45, 7) is 2.09. The SMILES string of the molecule is COCCNCc1nnc(NCc2ccccc2F)o1. The maximum Gasteiger partial charge on any atom is 0.315 e. The molecule has 0 unspecified atom stereocenters. The van der Waals surface area contributed by atoms with Crippen LogP contribution in [-0.4, -0.2) is 30.5 Å². The number of aromatic nitrogens is 2. The van der Waals surface area contributed by atoms with Crippen LogP contribution in [0.25, 0.3) is 0 Å². The van der Waals surface area contributed by atoms with Crippen molar-refractivity contribution in [1.29, 1.82) is 0 Å². The van der Waals surface area contributed by atoms with E-state index in [9.17, 15) is 4.39 Å². The molecule has 0 aliphatic carbocycles. The maximum atomic E-state index is 13.4. The van der Waals surface area contributed by atoms with Crippen LogP contribution in [0, 0.1) is 5.82 Å². The quantitative estimate of drug-likeness (QED) is 0.715. The van der Waals surface area contributed by atoms with Gasteiger partial charge in [0.1, 0.15) is 5.82 Å². The molecule has 20 heavy (non-hydrogen) atoms. The van der Waals surface area contributed by atoms with Crippen LogP contribution in [0.4, 0.5) is 10.4 Å². The number of anilines is 1. The Morgan fingerprint density at radius 2 is 2.10 bits per heavy atom. The fourth-order valence-corrected chi connectivity index (χ4v) is 1.58. The van der Waals surface area contributed by atoms with E-state index in [-0.39, 0.29) is 11.8 Å². The zero-order valence-corrected chi connectivity index (χ0v) is 11.2. The predicted octanol–water partition coefficient (Wildman–Crippen LogP) is 1.56. The van der Waals surface area contributed by atoms with E-state index >= 15 is 0 Å². The number of nitrogens with one attached hydrogen (secondary N) is 2. The number of hydrogen-bond donors (Lipinski definition) is 2. The van der Waals surface area contributed by atoms with Gasteiger partial charge in [0.15, 0.2) is 0 Å². The van der Waals surface area contributed by atoms with Crippen LogP contribution in [0.2, 0.25) is 0 Å². The van der Waals surface area contributed by atoms with Gasteiger partial charge in [-0.3, -0.25) is 0 Å². The average Bonchev–Trinajstić information content (AvgIpc) is 2.91. The van der Waals surface area contributed by atoms with Crippen molar-refractivity contribution in [3.63, 3.8) is 0 Å². The Morgan fingerprint density at radius 1 is 1.25 bits per heavy atom. The molecule has 0 saturated heterocycles. The maximum absolute atomic E-state index is 13.4. The molecule has 2 aromatic rings. The van der Waals surface area contributed by atoms with E-state index in [4.69, 9.17) is 9.15 Å². The second-order valence-corrected chi connectivity index (χ2v) is 4.12. The van der Waals surface area contributed by atoms with Crippen molar-refractivity contribution in [2.24, 2.45) is 0 Å². The minimum absolute atomic E-state index is 0.263. The van der Waals surface area contributed by atoms with Crippen LogP contribution in [0.3, 0.4) is 0 Å². The van der Waals surface area contributed by atoms with Crippen LogP contribution in [0.15, 0.2) is 28.7 Å². The first-order valence-corrected chi connectivity index (χ1v) is 6.29. The van der Waals surface area contributed by atoms with Gasteiger partial charge < -0.3 is 19.8 Å². The predicted molar refractivity (Wildman–Crippen MR) is 71.6 cm³/mol. The first-order chi connectivity index (χ1) is 9.79. The van der Waals surface area contributed by atoms with Crippen molar-refractivity contribution in [2.45, 2.75) is 13.1 Å². The van der Waals surface area contributed by atoms with Gasteiger partial charge in [0.05, 0.1) is 13.2 Å². The Bertz CT molecular complexity index is 533. The number of hydrogen-bond acceptors (Lipinski definition) is 6. The molecule has 1 heterocycles. The summed E-state index contributed by atoms with van der Waals surface area (Å²) in [6.07, 6.45) is 0. The molecule has 1 aromatic carbocycles. The number of nitrogens with zero attached hydrogens (tertiary/aromatic N) is 2. The third kappa shape index (κ3) is 4.29. The summed E-state index contributed by atoms with van der Waals surface area (Å²) in [5, 5.41) is 13.7. The van der Waals surface area contributed by atoms with Gasteiger partial charge in [-0.2, -0.15) is 0 Å². The molecule has 7 heteroatoms. The van der Waals surface area contributed by atoms with Crippen molar-refractivity contribution in [3.05, 3.63) is 41.5 Å². The molecule has 0 fully saturated rings. The molecular formula is C13H17FN4O2. The molecule has 0 spiro atoms. The normalized spacial score (nSPS) is 10.7. The number of benzene rings is 1. The summed E-state index contributed by atoms with van der Waals surface area (Å²) >= 11 is 0. The minimum Gasteiger partial charge on any atom is -0.407 e. The Hall–Kier alpha value is -1.99. The Kier molecular flexibility index (Phi) is 5.45. The smallest absolute Gasteiger partial charge is 0.315 e. The van der Waals surface area contributed by atoms with Crippen molar-refractivity contribution in [1.82, 2.24) is 15.5 Å². The lowest BCUT2D eigenvalue weighted by molar-refractivity contribution is 0.198. The zero-order chi connectivity index (χ0) is 14.2. The Labute approximate surface area is 116 Å². The highest BCUT2D eigenvalue weighted by molar-refractivity contribution is 5.24. The van der Waals surface area contributed by atoms with E-state index in [0.29, 0.717) is 37.7 Å². The number of halogens is 1. The van der Waals surface area contributed by atoms with E-state index in [0.717, 1.165) is 0 Å². The van der Waals surface area contributed by atoms with E-state index in [2.05, 4.69) is 20.8 Å². The van der Waals surface area contributed by atoms with Crippen molar-refractivity contribution in [3.8, 4) is 0 Å². The molecule has 0 bridgehead atoms. The van der Waals surface area contributed by atoms with Crippen molar-refractivity contribution < 1.29 is 13.5 Å². The number of methoxy groups -OCH3 is 1. The van der Waals surface area contributed by atoms with E-state index < -0.39 is 0 Å². The third-order valence-electron chi connectivity index (χ3n) is 2.61. The standard InChI is InChI=1S/C13H17FN4O2/c1-19-7-6-15-9-12-17-18-13(20-12)16-8-10-4-2-3-5-11(10)14/h2-5,15H,6-9H2,1H3,(H,16,18). The van der Waals surface area contributed by atoms with Crippen LogP contribution in [0.1, 0.15) is 11.5 Å². The zero-order valence-electron chi connectivity index (χ0n) is 11.2. The molecular weight excluding hydrogens is 263 g/mol. The van der Waals surface area contributed by atoms with Gasteiger partial charge in [-0.1, -0.05) is 23.3 Å². The molecule has 0 aliphatic heterocycles. The highest BCUT2D eigenvalue weighted by Crippen LogP contribution is 2.10. The molecule has 1 aromatic heterocycles. The van der Waals surface area contributed by atoms with Gasteiger partial charge in [0, 0.05) is 25.8 Å². The second kappa shape index (κ2) is 7.56. The van der Waals surface area contributed by atoms with Gasteiger partial charge in [0.25, 0.3) is 0 Å². The molecule has 0 amide bonds. The lowest BCUT2D eigenvalue weighted by Crippen LogP contribution is -2.18. The Balaban J connectivity index is 1.79. The van der Waals surface area contributed by atoms with Gasteiger partial charge >= 0.3 is 6.01 Å².